The molecule has 0 aliphatic rings. The number of hydrogen-bond donors (Lipinski definition) is 0. The van der Waals surface area contributed by atoms with E-state index < -0.39 is 11.6 Å². The first kappa shape index (κ1) is 10.7. The van der Waals surface area contributed by atoms with E-state index in [2.05, 4.69) is 4.74 Å². The molecule has 1 aromatic carbocycles. The number of hydrogen-bond acceptors (Lipinski definition) is 1. The summed E-state index contributed by atoms with van der Waals surface area (Å²) in [6, 6.07) is 2.92. The van der Waals surface area contributed by atoms with Gasteiger partial charge in [-0.05, 0) is 31.6 Å². The molecule has 1 nitrogen and oxygen atoms in total. The SMILES string of the molecule is C/C=C(\C)c1ccc(OC)c(F)c1F. The van der Waals surface area contributed by atoms with E-state index >= 15 is 0 Å². The molecule has 0 amide bonds. The van der Waals surface area contributed by atoms with Crippen LogP contribution in [-0.4, -0.2) is 7.11 Å². The van der Waals surface area contributed by atoms with Crippen LogP contribution in [0, 0.1) is 11.6 Å². The molecule has 0 atom stereocenters. The summed E-state index contributed by atoms with van der Waals surface area (Å²) < 4.78 is 31.3. The van der Waals surface area contributed by atoms with Crippen LogP contribution in [0.15, 0.2) is 18.2 Å². The van der Waals surface area contributed by atoms with Gasteiger partial charge in [-0.3, -0.25) is 0 Å². The zero-order valence-corrected chi connectivity index (χ0v) is 8.40. The molecule has 0 unspecified atom stereocenters. The van der Waals surface area contributed by atoms with E-state index in [4.69, 9.17) is 0 Å². The molecule has 0 fully saturated rings. The molecule has 0 radical (unpaired) electrons. The number of allylic oxidation sites excluding steroid dienone is 2. The molecule has 0 bridgehead atoms. The number of ether oxygens (including phenoxy) is 1. The van der Waals surface area contributed by atoms with Crippen molar-refractivity contribution in [1.29, 1.82) is 0 Å². The van der Waals surface area contributed by atoms with Gasteiger partial charge in [0, 0.05) is 5.56 Å². The Morgan fingerprint density at radius 1 is 1.29 bits per heavy atom. The van der Waals surface area contributed by atoms with Crippen LogP contribution in [0.2, 0.25) is 0 Å². The Kier molecular flexibility index (Phi) is 3.23. The molecule has 0 aliphatic carbocycles. The Bertz CT molecular complexity index is 370. The third-order valence-electron chi connectivity index (χ3n) is 2.12. The average molecular weight is 198 g/mol. The van der Waals surface area contributed by atoms with Crippen LogP contribution in [0.1, 0.15) is 19.4 Å². The first-order valence-electron chi connectivity index (χ1n) is 4.27. The maximum atomic E-state index is 13.4. The van der Waals surface area contributed by atoms with Crippen LogP contribution in [0.5, 0.6) is 5.75 Å². The van der Waals surface area contributed by atoms with Gasteiger partial charge in [0.2, 0.25) is 5.82 Å². The average Bonchev–Trinajstić information content (AvgIpc) is 2.21. The highest BCUT2D eigenvalue weighted by atomic mass is 19.2. The van der Waals surface area contributed by atoms with Gasteiger partial charge in [-0.25, -0.2) is 4.39 Å². The second-order valence-electron chi connectivity index (χ2n) is 2.92. The summed E-state index contributed by atoms with van der Waals surface area (Å²) in [6.45, 7) is 3.50. The highest BCUT2D eigenvalue weighted by molar-refractivity contribution is 5.64. The molecular weight excluding hydrogens is 186 g/mol. The van der Waals surface area contributed by atoms with Gasteiger partial charge in [-0.15, -0.1) is 0 Å². The summed E-state index contributed by atoms with van der Waals surface area (Å²) in [7, 11) is 1.31. The van der Waals surface area contributed by atoms with Crippen molar-refractivity contribution in [3.63, 3.8) is 0 Å². The molecule has 0 aliphatic heterocycles. The molecular formula is C11H12F2O. The fourth-order valence-electron chi connectivity index (χ4n) is 1.15. The highest BCUT2D eigenvalue weighted by Crippen LogP contribution is 2.26. The van der Waals surface area contributed by atoms with Crippen molar-refractivity contribution in [2.45, 2.75) is 13.8 Å². The fourth-order valence-corrected chi connectivity index (χ4v) is 1.15. The van der Waals surface area contributed by atoms with E-state index in [9.17, 15) is 8.78 Å². The van der Waals surface area contributed by atoms with Crippen molar-refractivity contribution in [2.24, 2.45) is 0 Å². The molecule has 1 rings (SSSR count). The smallest absolute Gasteiger partial charge is 0.201 e. The van der Waals surface area contributed by atoms with Gasteiger partial charge in [-0.2, -0.15) is 4.39 Å². The zero-order valence-electron chi connectivity index (χ0n) is 8.40. The fraction of sp³-hybridized carbons (Fsp3) is 0.273. The van der Waals surface area contributed by atoms with Gasteiger partial charge in [0.1, 0.15) is 0 Å². The van der Waals surface area contributed by atoms with Crippen molar-refractivity contribution < 1.29 is 13.5 Å². The minimum atomic E-state index is -0.939. The summed E-state index contributed by atoms with van der Waals surface area (Å²) in [5.41, 5.74) is 0.967. The number of rotatable bonds is 2. The van der Waals surface area contributed by atoms with Crippen LogP contribution >= 0.6 is 0 Å². The lowest BCUT2D eigenvalue weighted by Gasteiger charge is -2.07. The first-order chi connectivity index (χ1) is 6.61. The normalized spacial score (nSPS) is 11.6. The van der Waals surface area contributed by atoms with Crippen molar-refractivity contribution >= 4 is 5.57 Å². The van der Waals surface area contributed by atoms with E-state index in [1.165, 1.54) is 19.2 Å². The molecule has 76 valence electrons. The summed E-state index contributed by atoms with van der Waals surface area (Å²) in [4.78, 5) is 0. The third-order valence-corrected chi connectivity index (χ3v) is 2.12. The number of methoxy groups -OCH3 is 1. The van der Waals surface area contributed by atoms with E-state index in [0.29, 0.717) is 5.57 Å². The Hall–Kier alpha value is -1.38. The lowest BCUT2D eigenvalue weighted by molar-refractivity contribution is 0.371. The first-order valence-corrected chi connectivity index (χ1v) is 4.27. The van der Waals surface area contributed by atoms with Gasteiger partial charge in [0.25, 0.3) is 0 Å². The molecule has 0 N–H and O–H groups in total. The Morgan fingerprint density at radius 3 is 2.43 bits per heavy atom. The lowest BCUT2D eigenvalue weighted by atomic mass is 10.1. The standard InChI is InChI=1S/C11H12F2O/c1-4-7(2)8-5-6-9(14-3)11(13)10(8)12/h4-6H,1-3H3/b7-4+. The minimum absolute atomic E-state index is 0.0739. The van der Waals surface area contributed by atoms with Gasteiger partial charge in [-0.1, -0.05) is 6.08 Å². The second-order valence-corrected chi connectivity index (χ2v) is 2.92. The second kappa shape index (κ2) is 4.22. The molecule has 0 saturated heterocycles. The maximum Gasteiger partial charge on any atom is 0.201 e. The monoisotopic (exact) mass is 198 g/mol. The molecule has 0 spiro atoms. The van der Waals surface area contributed by atoms with Crippen molar-refractivity contribution in [3.8, 4) is 5.75 Å². The van der Waals surface area contributed by atoms with E-state index in [1.54, 1.807) is 19.9 Å². The predicted octanol–water partition coefficient (Wildman–Crippen LogP) is 3.40. The van der Waals surface area contributed by atoms with Crippen LogP contribution in [-0.2, 0) is 0 Å². The van der Waals surface area contributed by atoms with Gasteiger partial charge in [0.15, 0.2) is 11.6 Å². The Labute approximate surface area is 82.0 Å². The van der Waals surface area contributed by atoms with E-state index in [-0.39, 0.29) is 11.3 Å². The van der Waals surface area contributed by atoms with Gasteiger partial charge < -0.3 is 4.74 Å². The summed E-state index contributed by atoms with van der Waals surface area (Å²) >= 11 is 0. The predicted molar refractivity (Wildman–Crippen MR) is 52.2 cm³/mol. The van der Waals surface area contributed by atoms with Gasteiger partial charge >= 0.3 is 0 Å². The third kappa shape index (κ3) is 1.76. The highest BCUT2D eigenvalue weighted by Gasteiger charge is 2.13. The van der Waals surface area contributed by atoms with Crippen molar-refractivity contribution in [3.05, 3.63) is 35.4 Å². The Morgan fingerprint density at radius 2 is 1.93 bits per heavy atom. The van der Waals surface area contributed by atoms with Crippen LogP contribution in [0.3, 0.4) is 0 Å². The minimum Gasteiger partial charge on any atom is -0.494 e. The van der Waals surface area contributed by atoms with E-state index in [1.807, 2.05) is 0 Å². The topological polar surface area (TPSA) is 9.23 Å². The largest absolute Gasteiger partial charge is 0.494 e. The van der Waals surface area contributed by atoms with Crippen molar-refractivity contribution in [2.75, 3.05) is 7.11 Å². The summed E-state index contributed by atoms with van der Waals surface area (Å²) in [5.74, 6) is -1.87. The van der Waals surface area contributed by atoms with Gasteiger partial charge in [0.05, 0.1) is 7.11 Å². The molecule has 1 aromatic rings. The molecule has 0 heterocycles. The molecule has 3 heteroatoms. The van der Waals surface area contributed by atoms with Crippen molar-refractivity contribution in [1.82, 2.24) is 0 Å². The molecule has 14 heavy (non-hydrogen) atoms. The maximum absolute atomic E-state index is 13.4. The summed E-state index contributed by atoms with van der Waals surface area (Å²) in [5, 5.41) is 0. The van der Waals surface area contributed by atoms with Crippen LogP contribution in [0.4, 0.5) is 8.78 Å². The Balaban J connectivity index is 3.31. The quantitative estimate of drug-likeness (QED) is 0.707. The number of halogens is 2. The number of benzene rings is 1. The lowest BCUT2D eigenvalue weighted by Crippen LogP contribution is -1.96. The summed E-state index contributed by atoms with van der Waals surface area (Å²) in [6.07, 6.45) is 1.73. The van der Waals surface area contributed by atoms with E-state index in [0.717, 1.165) is 0 Å². The van der Waals surface area contributed by atoms with Crippen LogP contribution in [0.25, 0.3) is 5.57 Å². The van der Waals surface area contributed by atoms with Crippen LogP contribution < -0.4 is 4.74 Å². The molecule has 0 aromatic heterocycles. The zero-order chi connectivity index (χ0) is 10.7. The molecule has 0 saturated carbocycles.